The van der Waals surface area contributed by atoms with Crippen molar-refractivity contribution in [2.75, 3.05) is 29.9 Å². The summed E-state index contributed by atoms with van der Waals surface area (Å²) < 4.78 is 0. The molecule has 0 unspecified atom stereocenters. The van der Waals surface area contributed by atoms with Crippen molar-refractivity contribution in [3.05, 3.63) is 83.4 Å². The van der Waals surface area contributed by atoms with Crippen LogP contribution < -0.4 is 10.2 Å². The summed E-state index contributed by atoms with van der Waals surface area (Å²) in [5, 5.41) is 5.24. The molecule has 5 heteroatoms. The topological polar surface area (TPSA) is 41.1 Å². The van der Waals surface area contributed by atoms with Crippen molar-refractivity contribution in [1.82, 2.24) is 9.97 Å². The highest BCUT2D eigenvalue weighted by atomic mass is 35.5. The van der Waals surface area contributed by atoms with Crippen molar-refractivity contribution in [3.8, 4) is 11.4 Å². The van der Waals surface area contributed by atoms with Crippen LogP contribution in [0.1, 0.15) is 12.0 Å². The Morgan fingerprint density at radius 2 is 1.70 bits per heavy atom. The lowest BCUT2D eigenvalue weighted by molar-refractivity contribution is 0.698. The molecule has 150 valence electrons. The van der Waals surface area contributed by atoms with Gasteiger partial charge in [-0.1, -0.05) is 54.1 Å². The van der Waals surface area contributed by atoms with Gasteiger partial charge >= 0.3 is 0 Å². The van der Waals surface area contributed by atoms with Gasteiger partial charge in [-0.3, -0.25) is 0 Å². The van der Waals surface area contributed by atoms with E-state index in [1.807, 2.05) is 42.5 Å². The van der Waals surface area contributed by atoms with Crippen LogP contribution in [0.5, 0.6) is 0 Å². The number of benzene rings is 3. The summed E-state index contributed by atoms with van der Waals surface area (Å²) in [5.74, 6) is 1.49. The van der Waals surface area contributed by atoms with Gasteiger partial charge in [0.1, 0.15) is 5.82 Å². The van der Waals surface area contributed by atoms with Crippen LogP contribution in [0.2, 0.25) is 5.02 Å². The summed E-state index contributed by atoms with van der Waals surface area (Å²) in [5.41, 5.74) is 4.55. The van der Waals surface area contributed by atoms with Gasteiger partial charge in [0.05, 0.1) is 10.5 Å². The molecule has 0 atom stereocenters. The van der Waals surface area contributed by atoms with E-state index in [1.54, 1.807) is 0 Å². The first-order valence-corrected chi connectivity index (χ1v) is 10.8. The zero-order chi connectivity index (χ0) is 20.3. The Balaban J connectivity index is 1.41. The molecule has 0 radical (unpaired) electrons. The molecule has 0 aliphatic carbocycles. The molecule has 0 amide bonds. The van der Waals surface area contributed by atoms with Crippen molar-refractivity contribution in [2.45, 2.75) is 12.8 Å². The number of hydrogen-bond acceptors (Lipinski definition) is 4. The van der Waals surface area contributed by atoms with Crippen molar-refractivity contribution in [1.29, 1.82) is 0 Å². The highest BCUT2D eigenvalue weighted by Crippen LogP contribution is 2.29. The van der Waals surface area contributed by atoms with Crippen LogP contribution in [0, 0.1) is 0 Å². The van der Waals surface area contributed by atoms with Gasteiger partial charge in [0.25, 0.3) is 0 Å². The zero-order valence-corrected chi connectivity index (χ0v) is 17.4. The standard InChI is InChI=1S/C25H23ClN4/c26-21-12-4-2-10-19(21)25-28-22-13-5-3-11-20(22)24(29-25)27-15-17-30-16-7-9-18-8-1-6-14-23(18)30/h1-6,8,10-14H,7,9,15-17H2,(H,27,28,29). The Kier molecular flexibility index (Phi) is 5.24. The van der Waals surface area contributed by atoms with E-state index in [9.17, 15) is 0 Å². The van der Waals surface area contributed by atoms with Gasteiger partial charge in [0, 0.05) is 36.3 Å². The minimum absolute atomic E-state index is 0.644. The third kappa shape index (κ3) is 3.71. The predicted molar refractivity (Wildman–Crippen MR) is 125 cm³/mol. The van der Waals surface area contributed by atoms with E-state index in [1.165, 1.54) is 17.7 Å². The number of para-hydroxylation sites is 2. The maximum atomic E-state index is 6.41. The fourth-order valence-corrected chi connectivity index (χ4v) is 4.35. The first-order valence-electron chi connectivity index (χ1n) is 10.4. The molecule has 0 bridgehead atoms. The number of aromatic nitrogens is 2. The van der Waals surface area contributed by atoms with Crippen molar-refractivity contribution < 1.29 is 0 Å². The third-order valence-corrected chi connectivity index (χ3v) is 5.93. The summed E-state index contributed by atoms with van der Waals surface area (Å²) in [4.78, 5) is 12.0. The molecular weight excluding hydrogens is 392 g/mol. The van der Waals surface area contributed by atoms with Crippen molar-refractivity contribution in [3.63, 3.8) is 0 Å². The number of halogens is 1. The van der Waals surface area contributed by atoms with Gasteiger partial charge in [-0.25, -0.2) is 9.97 Å². The average Bonchev–Trinajstić information content (AvgIpc) is 2.79. The summed E-state index contributed by atoms with van der Waals surface area (Å²) in [6.07, 6.45) is 2.36. The number of nitrogens with zero attached hydrogens (tertiary/aromatic N) is 3. The molecule has 1 N–H and O–H groups in total. The van der Waals surface area contributed by atoms with Crippen molar-refractivity contribution in [2.24, 2.45) is 0 Å². The summed E-state index contributed by atoms with van der Waals surface area (Å²) >= 11 is 6.41. The van der Waals surface area contributed by atoms with E-state index >= 15 is 0 Å². The van der Waals surface area contributed by atoms with Gasteiger partial charge < -0.3 is 10.2 Å². The second kappa shape index (κ2) is 8.33. The Bertz CT molecular complexity index is 1190. The van der Waals surface area contributed by atoms with Gasteiger partial charge in [-0.2, -0.15) is 0 Å². The average molecular weight is 415 g/mol. The van der Waals surface area contributed by atoms with E-state index in [4.69, 9.17) is 21.6 Å². The van der Waals surface area contributed by atoms with E-state index in [-0.39, 0.29) is 0 Å². The van der Waals surface area contributed by atoms with Crippen molar-refractivity contribution >= 4 is 34.0 Å². The summed E-state index contributed by atoms with van der Waals surface area (Å²) in [7, 11) is 0. The quantitative estimate of drug-likeness (QED) is 0.447. The molecule has 1 aromatic heterocycles. The second-order valence-corrected chi connectivity index (χ2v) is 7.95. The molecular formula is C25H23ClN4. The normalized spacial score (nSPS) is 13.3. The lowest BCUT2D eigenvalue weighted by atomic mass is 10.0. The Morgan fingerprint density at radius 1 is 0.900 bits per heavy atom. The summed E-state index contributed by atoms with van der Waals surface area (Å²) in [6.45, 7) is 2.82. The van der Waals surface area contributed by atoms with Crippen LogP contribution in [0.4, 0.5) is 11.5 Å². The highest BCUT2D eigenvalue weighted by Gasteiger charge is 2.16. The molecule has 1 aliphatic rings. The van der Waals surface area contributed by atoms with Gasteiger partial charge in [0.2, 0.25) is 0 Å². The van der Waals surface area contributed by atoms with Gasteiger partial charge in [-0.15, -0.1) is 0 Å². The van der Waals surface area contributed by atoms with Crippen LogP contribution in [0.15, 0.2) is 72.8 Å². The van der Waals surface area contributed by atoms with Crippen LogP contribution in [0.25, 0.3) is 22.3 Å². The minimum atomic E-state index is 0.644. The second-order valence-electron chi connectivity index (χ2n) is 7.54. The number of hydrogen-bond donors (Lipinski definition) is 1. The van der Waals surface area contributed by atoms with E-state index in [2.05, 4.69) is 40.5 Å². The largest absolute Gasteiger partial charge is 0.370 e. The van der Waals surface area contributed by atoms with Gasteiger partial charge in [-0.05, 0) is 48.7 Å². The maximum absolute atomic E-state index is 6.41. The maximum Gasteiger partial charge on any atom is 0.163 e. The van der Waals surface area contributed by atoms with Crippen LogP contribution in [-0.4, -0.2) is 29.6 Å². The molecule has 2 heterocycles. The first kappa shape index (κ1) is 18.9. The third-order valence-electron chi connectivity index (χ3n) is 5.60. The molecule has 0 saturated carbocycles. The Morgan fingerprint density at radius 3 is 2.63 bits per heavy atom. The van der Waals surface area contributed by atoms with Crippen LogP contribution in [-0.2, 0) is 6.42 Å². The lowest BCUT2D eigenvalue weighted by Gasteiger charge is -2.31. The minimum Gasteiger partial charge on any atom is -0.370 e. The Labute approximate surface area is 181 Å². The molecule has 0 spiro atoms. The SMILES string of the molecule is Clc1ccccc1-c1nc(NCCN2CCCc3ccccc32)c2ccccc2n1. The summed E-state index contributed by atoms with van der Waals surface area (Å²) in [6, 6.07) is 24.5. The van der Waals surface area contributed by atoms with Crippen LogP contribution in [0.3, 0.4) is 0 Å². The molecule has 4 aromatic rings. The molecule has 3 aromatic carbocycles. The van der Waals surface area contributed by atoms with E-state index < -0.39 is 0 Å². The number of fused-ring (bicyclic) bond motifs is 2. The van der Waals surface area contributed by atoms with Gasteiger partial charge in [0.15, 0.2) is 5.82 Å². The number of rotatable bonds is 5. The fourth-order valence-electron chi connectivity index (χ4n) is 4.13. The van der Waals surface area contributed by atoms with E-state index in [0.717, 1.165) is 48.3 Å². The number of nitrogens with one attached hydrogen (secondary N) is 1. The smallest absolute Gasteiger partial charge is 0.163 e. The first-order chi connectivity index (χ1) is 14.8. The fraction of sp³-hybridized carbons (Fsp3) is 0.200. The lowest BCUT2D eigenvalue weighted by Crippen LogP contribution is -2.33. The van der Waals surface area contributed by atoms with Crippen LogP contribution >= 0.6 is 11.6 Å². The zero-order valence-electron chi connectivity index (χ0n) is 16.7. The molecule has 5 rings (SSSR count). The number of anilines is 2. The molecule has 0 fully saturated rings. The Hall–Kier alpha value is -3.11. The molecule has 4 nitrogen and oxygen atoms in total. The predicted octanol–water partition coefficient (Wildman–Crippen LogP) is 5.81. The molecule has 1 aliphatic heterocycles. The van der Waals surface area contributed by atoms with E-state index in [0.29, 0.717) is 10.8 Å². The highest BCUT2D eigenvalue weighted by molar-refractivity contribution is 6.33. The monoisotopic (exact) mass is 414 g/mol. The molecule has 30 heavy (non-hydrogen) atoms. The number of aryl methyl sites for hydroxylation is 1. The molecule has 0 saturated heterocycles.